The maximum Gasteiger partial charge on any atom is 0.410 e. The fourth-order valence-electron chi connectivity index (χ4n) is 3.05. The first-order chi connectivity index (χ1) is 9.57. The highest BCUT2D eigenvalue weighted by molar-refractivity contribution is 5.83. The Morgan fingerprint density at radius 3 is 2.85 bits per heavy atom. The maximum atomic E-state index is 12.0. The summed E-state index contributed by atoms with van der Waals surface area (Å²) < 4.78 is 5.24. The van der Waals surface area contributed by atoms with Gasteiger partial charge in [0.1, 0.15) is 12.4 Å². The predicted octanol–water partition coefficient (Wildman–Crippen LogP) is 1.35. The first-order valence-electron chi connectivity index (χ1n) is 6.76. The molecule has 1 saturated carbocycles. The van der Waals surface area contributed by atoms with Crippen molar-refractivity contribution in [3.05, 3.63) is 35.9 Å². The Bertz CT molecular complexity index is 530. The summed E-state index contributed by atoms with van der Waals surface area (Å²) in [6.07, 6.45) is 0.0863. The molecule has 106 valence electrons. The van der Waals surface area contributed by atoms with Gasteiger partial charge in [0.2, 0.25) is 0 Å². The second-order valence-corrected chi connectivity index (χ2v) is 5.64. The Morgan fingerprint density at radius 1 is 1.40 bits per heavy atom. The molecule has 1 aromatic rings. The number of aliphatic hydroxyl groups is 1. The largest absolute Gasteiger partial charge is 0.445 e. The van der Waals surface area contributed by atoms with E-state index >= 15 is 0 Å². The number of likely N-dealkylation sites (tertiary alicyclic amines) is 1. The molecule has 1 aliphatic heterocycles. The van der Waals surface area contributed by atoms with Gasteiger partial charge in [-0.1, -0.05) is 30.3 Å². The summed E-state index contributed by atoms with van der Waals surface area (Å²) in [5, 5.41) is 10.3. The highest BCUT2D eigenvalue weighted by Crippen LogP contribution is 2.39. The van der Waals surface area contributed by atoms with Crippen molar-refractivity contribution in [2.45, 2.75) is 25.0 Å². The number of carbonyl (C=O) groups excluding carboxylic acids is 2. The van der Waals surface area contributed by atoms with Crippen LogP contribution in [0.5, 0.6) is 0 Å². The molecule has 0 bridgehead atoms. The number of carbonyl (C=O) groups is 2. The van der Waals surface area contributed by atoms with Gasteiger partial charge in [-0.3, -0.25) is 4.79 Å². The smallest absolute Gasteiger partial charge is 0.410 e. The van der Waals surface area contributed by atoms with Crippen LogP contribution in [0.25, 0.3) is 0 Å². The van der Waals surface area contributed by atoms with Crippen molar-refractivity contribution in [3.8, 4) is 0 Å². The number of fused-ring (bicyclic) bond motifs is 1. The van der Waals surface area contributed by atoms with Gasteiger partial charge in [-0.05, 0) is 5.56 Å². The van der Waals surface area contributed by atoms with Crippen LogP contribution in [0.3, 0.4) is 0 Å². The van der Waals surface area contributed by atoms with E-state index in [0.29, 0.717) is 13.0 Å². The number of ketones is 1. The molecule has 1 saturated heterocycles. The van der Waals surface area contributed by atoms with E-state index < -0.39 is 11.7 Å². The highest BCUT2D eigenvalue weighted by atomic mass is 16.6. The minimum absolute atomic E-state index is 0.0785. The average Bonchev–Trinajstić information content (AvgIpc) is 2.87. The van der Waals surface area contributed by atoms with Crippen molar-refractivity contribution >= 4 is 11.9 Å². The zero-order valence-electron chi connectivity index (χ0n) is 11.1. The van der Waals surface area contributed by atoms with E-state index in [4.69, 9.17) is 4.74 Å². The second-order valence-electron chi connectivity index (χ2n) is 5.64. The minimum Gasteiger partial charge on any atom is -0.445 e. The molecule has 1 aliphatic carbocycles. The van der Waals surface area contributed by atoms with Crippen LogP contribution in [-0.4, -0.2) is 40.6 Å². The standard InChI is InChI=1S/C15H17NO4/c17-13-6-12-8-16(10-15(12,19)7-13)14(18)20-9-11-4-2-1-3-5-11/h1-5,12,19H,6-10H2/t12-,15-/m1/s1. The van der Waals surface area contributed by atoms with Gasteiger partial charge in [-0.25, -0.2) is 4.79 Å². The van der Waals surface area contributed by atoms with E-state index in [9.17, 15) is 14.7 Å². The van der Waals surface area contributed by atoms with Crippen LogP contribution >= 0.6 is 0 Å². The van der Waals surface area contributed by atoms with Crippen molar-refractivity contribution in [3.63, 3.8) is 0 Å². The van der Waals surface area contributed by atoms with Gasteiger partial charge in [0, 0.05) is 25.3 Å². The molecule has 2 fully saturated rings. The number of rotatable bonds is 2. The first kappa shape index (κ1) is 13.1. The molecule has 0 radical (unpaired) electrons. The number of hydrogen-bond acceptors (Lipinski definition) is 4. The molecule has 20 heavy (non-hydrogen) atoms. The van der Waals surface area contributed by atoms with Crippen molar-refractivity contribution in [1.82, 2.24) is 4.90 Å². The molecule has 0 unspecified atom stereocenters. The fourth-order valence-corrected chi connectivity index (χ4v) is 3.05. The van der Waals surface area contributed by atoms with Gasteiger partial charge in [-0.2, -0.15) is 0 Å². The topological polar surface area (TPSA) is 66.8 Å². The van der Waals surface area contributed by atoms with Crippen LogP contribution in [0, 0.1) is 5.92 Å². The zero-order valence-corrected chi connectivity index (χ0v) is 11.1. The summed E-state index contributed by atoms with van der Waals surface area (Å²) in [6.45, 7) is 0.811. The van der Waals surface area contributed by atoms with Crippen molar-refractivity contribution in [2.75, 3.05) is 13.1 Å². The van der Waals surface area contributed by atoms with Gasteiger partial charge in [-0.15, -0.1) is 0 Å². The molecule has 0 spiro atoms. The molecular weight excluding hydrogens is 258 g/mol. The van der Waals surface area contributed by atoms with Crippen molar-refractivity contribution < 1.29 is 19.4 Å². The summed E-state index contributed by atoms with van der Waals surface area (Å²) in [5.74, 6) is -0.0610. The Labute approximate surface area is 117 Å². The van der Waals surface area contributed by atoms with Crippen LogP contribution in [0.2, 0.25) is 0 Å². The van der Waals surface area contributed by atoms with Crippen LogP contribution < -0.4 is 0 Å². The quantitative estimate of drug-likeness (QED) is 0.884. The van der Waals surface area contributed by atoms with Gasteiger partial charge in [0.25, 0.3) is 0 Å². The molecule has 0 aromatic heterocycles. The Kier molecular flexibility index (Phi) is 3.22. The molecule has 2 atom stereocenters. The predicted molar refractivity (Wildman–Crippen MR) is 70.9 cm³/mol. The molecule has 5 nitrogen and oxygen atoms in total. The van der Waals surface area contributed by atoms with Crippen LogP contribution in [-0.2, 0) is 16.1 Å². The summed E-state index contributed by atoms with van der Waals surface area (Å²) in [5.41, 5.74) is -0.114. The number of Topliss-reactive ketones (excluding diaryl/α,β-unsaturated/α-hetero) is 1. The molecule has 1 amide bonds. The molecule has 2 aliphatic rings. The van der Waals surface area contributed by atoms with Crippen LogP contribution in [0.1, 0.15) is 18.4 Å². The van der Waals surface area contributed by atoms with Gasteiger partial charge >= 0.3 is 6.09 Å². The van der Waals surface area contributed by atoms with E-state index in [0.717, 1.165) is 5.56 Å². The summed E-state index contributed by atoms with van der Waals surface area (Å²) >= 11 is 0. The van der Waals surface area contributed by atoms with Gasteiger partial charge in [0.15, 0.2) is 0 Å². The molecule has 1 N–H and O–H groups in total. The highest BCUT2D eigenvalue weighted by Gasteiger charge is 2.53. The lowest BCUT2D eigenvalue weighted by Crippen LogP contribution is -2.37. The lowest BCUT2D eigenvalue weighted by molar-refractivity contribution is -0.119. The lowest BCUT2D eigenvalue weighted by atomic mass is 9.95. The number of hydrogen-bond donors (Lipinski definition) is 1. The summed E-state index contributed by atoms with van der Waals surface area (Å²) in [6, 6.07) is 9.45. The maximum absolute atomic E-state index is 12.0. The fraction of sp³-hybridized carbons (Fsp3) is 0.467. The van der Waals surface area contributed by atoms with Crippen molar-refractivity contribution in [2.24, 2.45) is 5.92 Å². The number of ether oxygens (including phenoxy) is 1. The first-order valence-corrected chi connectivity index (χ1v) is 6.76. The van der Waals surface area contributed by atoms with Gasteiger partial charge in [0.05, 0.1) is 12.1 Å². The number of β-amino-alcohol motifs (C(OH)–C–C–N with tert-alkyl or cyclic N) is 1. The monoisotopic (exact) mass is 275 g/mol. The van der Waals surface area contributed by atoms with Crippen LogP contribution in [0.15, 0.2) is 30.3 Å². The SMILES string of the molecule is O=C1C[C@@H]2CN(C(=O)OCc3ccccc3)C[C@]2(O)C1. The molecule has 1 heterocycles. The number of amides is 1. The average molecular weight is 275 g/mol. The summed E-state index contributed by atoms with van der Waals surface area (Å²) in [7, 11) is 0. The van der Waals surface area contributed by atoms with E-state index in [1.54, 1.807) is 0 Å². The lowest BCUT2D eigenvalue weighted by Gasteiger charge is -2.20. The summed E-state index contributed by atoms with van der Waals surface area (Å²) in [4.78, 5) is 24.8. The Balaban J connectivity index is 1.56. The van der Waals surface area contributed by atoms with Crippen LogP contribution in [0.4, 0.5) is 4.79 Å². The van der Waals surface area contributed by atoms with E-state index in [-0.39, 0.29) is 31.3 Å². The molecule has 1 aromatic carbocycles. The zero-order chi connectivity index (χ0) is 14.2. The third kappa shape index (κ3) is 2.41. The second kappa shape index (κ2) is 4.90. The third-order valence-corrected chi connectivity index (χ3v) is 4.11. The van der Waals surface area contributed by atoms with E-state index in [1.165, 1.54) is 4.90 Å². The number of nitrogens with zero attached hydrogens (tertiary/aromatic N) is 1. The number of benzene rings is 1. The van der Waals surface area contributed by atoms with E-state index in [2.05, 4.69) is 0 Å². The van der Waals surface area contributed by atoms with E-state index in [1.807, 2.05) is 30.3 Å². The minimum atomic E-state index is -1.04. The van der Waals surface area contributed by atoms with Crippen molar-refractivity contribution in [1.29, 1.82) is 0 Å². The molecule has 5 heteroatoms. The third-order valence-electron chi connectivity index (χ3n) is 4.11. The molecule has 3 rings (SSSR count). The molecular formula is C15H17NO4. The Hall–Kier alpha value is -1.88. The Morgan fingerprint density at radius 2 is 2.15 bits per heavy atom. The normalized spacial score (nSPS) is 28.6. The van der Waals surface area contributed by atoms with Gasteiger partial charge < -0.3 is 14.7 Å².